The summed E-state index contributed by atoms with van der Waals surface area (Å²) in [7, 11) is 2.98. The molecule has 7 heteroatoms. The van der Waals surface area contributed by atoms with E-state index < -0.39 is 5.97 Å². The lowest BCUT2D eigenvalue weighted by Crippen LogP contribution is -2.18. The Morgan fingerprint density at radius 2 is 1.88 bits per heavy atom. The number of hydrogen-bond donors (Lipinski definition) is 1. The van der Waals surface area contributed by atoms with E-state index in [1.807, 2.05) is 24.4 Å². The van der Waals surface area contributed by atoms with E-state index in [4.69, 9.17) is 14.2 Å². The number of benzene rings is 1. The second kappa shape index (κ2) is 9.82. The van der Waals surface area contributed by atoms with Crippen LogP contribution in [-0.2, 0) is 16.0 Å². The van der Waals surface area contributed by atoms with Gasteiger partial charge in [0.05, 0.1) is 38.5 Å². The monoisotopic (exact) mass is 377 g/mol. The van der Waals surface area contributed by atoms with Crippen molar-refractivity contribution in [2.75, 3.05) is 26.1 Å². The molecule has 1 heterocycles. The molecule has 0 saturated carbocycles. The van der Waals surface area contributed by atoms with Crippen molar-refractivity contribution in [3.8, 4) is 11.5 Å². The van der Waals surface area contributed by atoms with Crippen LogP contribution in [0.4, 0.5) is 5.69 Å². The van der Waals surface area contributed by atoms with Gasteiger partial charge in [0, 0.05) is 17.0 Å². The number of methoxy groups -OCH3 is 2. The Kier molecular flexibility index (Phi) is 7.47. The zero-order chi connectivity index (χ0) is 18.9. The highest BCUT2D eigenvalue weighted by molar-refractivity contribution is 7.10. The average molecular weight is 377 g/mol. The molecule has 0 aliphatic heterocycles. The molecule has 0 radical (unpaired) electrons. The number of hydrogen-bond acceptors (Lipinski definition) is 6. The first-order valence-electron chi connectivity index (χ1n) is 8.34. The first kappa shape index (κ1) is 19.8. The van der Waals surface area contributed by atoms with Gasteiger partial charge in [-0.1, -0.05) is 19.4 Å². The van der Waals surface area contributed by atoms with E-state index >= 15 is 0 Å². The fourth-order valence-electron chi connectivity index (χ4n) is 2.30. The molecule has 2 rings (SSSR count). The SMILES string of the molecule is CCCCOC(=O)c1cc(OC)c(OC)cc1NC(=O)Cc1cccs1. The average Bonchev–Trinajstić information content (AvgIpc) is 3.14. The van der Waals surface area contributed by atoms with Crippen LogP contribution in [0.2, 0.25) is 0 Å². The van der Waals surface area contributed by atoms with E-state index in [1.165, 1.54) is 31.6 Å². The van der Waals surface area contributed by atoms with Crippen molar-refractivity contribution in [1.82, 2.24) is 0 Å². The Labute approximate surface area is 157 Å². The van der Waals surface area contributed by atoms with Gasteiger partial charge in [0.2, 0.25) is 5.91 Å². The third-order valence-corrected chi connectivity index (χ3v) is 4.54. The van der Waals surface area contributed by atoms with E-state index in [-0.39, 0.29) is 17.9 Å². The van der Waals surface area contributed by atoms with Crippen LogP contribution in [-0.4, -0.2) is 32.7 Å². The highest BCUT2D eigenvalue weighted by Gasteiger charge is 2.20. The van der Waals surface area contributed by atoms with E-state index in [2.05, 4.69) is 5.32 Å². The molecule has 0 saturated heterocycles. The van der Waals surface area contributed by atoms with Gasteiger partial charge in [0.25, 0.3) is 0 Å². The molecule has 0 unspecified atom stereocenters. The van der Waals surface area contributed by atoms with E-state index in [9.17, 15) is 9.59 Å². The Hall–Kier alpha value is -2.54. The number of nitrogens with one attached hydrogen (secondary N) is 1. The molecule has 0 fully saturated rings. The van der Waals surface area contributed by atoms with Gasteiger partial charge in [-0.2, -0.15) is 0 Å². The Balaban J connectivity index is 2.25. The topological polar surface area (TPSA) is 73.9 Å². The minimum absolute atomic E-state index is 0.220. The maximum absolute atomic E-state index is 12.4. The van der Waals surface area contributed by atoms with Crippen molar-refractivity contribution >= 4 is 28.9 Å². The van der Waals surface area contributed by atoms with Crippen molar-refractivity contribution in [2.24, 2.45) is 0 Å². The number of unbranched alkanes of at least 4 members (excludes halogenated alkanes) is 1. The predicted octanol–water partition coefficient (Wildman–Crippen LogP) is 3.90. The number of esters is 1. The van der Waals surface area contributed by atoms with Gasteiger partial charge >= 0.3 is 5.97 Å². The Bertz CT molecular complexity index is 743. The second-order valence-corrected chi connectivity index (χ2v) is 6.58. The summed E-state index contributed by atoms with van der Waals surface area (Å²) >= 11 is 1.50. The van der Waals surface area contributed by atoms with Crippen LogP contribution < -0.4 is 14.8 Å². The van der Waals surface area contributed by atoms with Crippen LogP contribution in [0.1, 0.15) is 35.0 Å². The zero-order valence-electron chi connectivity index (χ0n) is 15.2. The molecule has 6 nitrogen and oxygen atoms in total. The zero-order valence-corrected chi connectivity index (χ0v) is 16.0. The first-order chi connectivity index (χ1) is 12.6. The van der Waals surface area contributed by atoms with Gasteiger partial charge in [-0.25, -0.2) is 4.79 Å². The third kappa shape index (κ3) is 5.23. The molecule has 1 amide bonds. The Morgan fingerprint density at radius 1 is 1.15 bits per heavy atom. The quantitative estimate of drug-likeness (QED) is 0.530. The fraction of sp³-hybridized carbons (Fsp3) is 0.368. The second-order valence-electron chi connectivity index (χ2n) is 5.55. The molecule has 2 aromatic rings. The predicted molar refractivity (Wildman–Crippen MR) is 101 cm³/mol. The number of amides is 1. The van der Waals surface area contributed by atoms with Crippen molar-refractivity contribution in [3.05, 3.63) is 40.1 Å². The fourth-order valence-corrected chi connectivity index (χ4v) is 3.01. The maximum Gasteiger partial charge on any atom is 0.340 e. The molecule has 1 aromatic heterocycles. The molecule has 26 heavy (non-hydrogen) atoms. The number of carbonyl (C=O) groups is 2. The standard InChI is InChI=1S/C19H23NO5S/c1-4-5-8-25-19(22)14-11-16(23-2)17(24-3)12-15(14)20-18(21)10-13-7-6-9-26-13/h6-7,9,11-12H,4-5,8,10H2,1-3H3,(H,20,21). The summed E-state index contributed by atoms with van der Waals surface area (Å²) in [6.07, 6.45) is 1.93. The molecule has 140 valence electrons. The summed E-state index contributed by atoms with van der Waals surface area (Å²) in [5.41, 5.74) is 0.573. The lowest BCUT2D eigenvalue weighted by Gasteiger charge is -2.15. The Morgan fingerprint density at radius 3 is 2.50 bits per heavy atom. The normalized spacial score (nSPS) is 10.3. The molecule has 1 aromatic carbocycles. The van der Waals surface area contributed by atoms with Gasteiger partial charge in [0.1, 0.15) is 0 Å². The van der Waals surface area contributed by atoms with Crippen molar-refractivity contribution in [2.45, 2.75) is 26.2 Å². The number of carbonyl (C=O) groups excluding carboxylic acids is 2. The largest absolute Gasteiger partial charge is 0.493 e. The maximum atomic E-state index is 12.4. The minimum Gasteiger partial charge on any atom is -0.493 e. The van der Waals surface area contributed by atoms with Crippen LogP contribution in [0, 0.1) is 0 Å². The lowest BCUT2D eigenvalue weighted by atomic mass is 10.1. The van der Waals surface area contributed by atoms with Crippen LogP contribution in [0.3, 0.4) is 0 Å². The molecule has 0 atom stereocenters. The summed E-state index contributed by atoms with van der Waals surface area (Å²) in [6.45, 7) is 2.34. The van der Waals surface area contributed by atoms with Gasteiger partial charge in [-0.05, 0) is 17.9 Å². The molecular formula is C19H23NO5S. The number of rotatable bonds is 9. The van der Waals surface area contributed by atoms with Crippen LogP contribution in [0.15, 0.2) is 29.6 Å². The molecule has 0 bridgehead atoms. The third-order valence-electron chi connectivity index (χ3n) is 3.66. The van der Waals surface area contributed by atoms with Crippen molar-refractivity contribution < 1.29 is 23.8 Å². The van der Waals surface area contributed by atoms with Crippen molar-refractivity contribution in [1.29, 1.82) is 0 Å². The van der Waals surface area contributed by atoms with Gasteiger partial charge in [0.15, 0.2) is 11.5 Å². The number of ether oxygens (including phenoxy) is 3. The molecular weight excluding hydrogens is 354 g/mol. The van der Waals surface area contributed by atoms with E-state index in [0.717, 1.165) is 17.7 Å². The minimum atomic E-state index is -0.508. The van der Waals surface area contributed by atoms with Gasteiger partial charge < -0.3 is 19.5 Å². The highest BCUT2D eigenvalue weighted by Crippen LogP contribution is 2.34. The first-order valence-corrected chi connectivity index (χ1v) is 9.22. The van der Waals surface area contributed by atoms with Crippen LogP contribution in [0.5, 0.6) is 11.5 Å². The molecule has 0 aliphatic rings. The van der Waals surface area contributed by atoms with E-state index in [0.29, 0.717) is 23.8 Å². The summed E-state index contributed by atoms with van der Waals surface area (Å²) in [5, 5.41) is 4.69. The molecule has 0 aliphatic carbocycles. The van der Waals surface area contributed by atoms with Crippen LogP contribution >= 0.6 is 11.3 Å². The van der Waals surface area contributed by atoms with E-state index in [1.54, 1.807) is 6.07 Å². The lowest BCUT2D eigenvalue weighted by molar-refractivity contribution is -0.115. The summed E-state index contributed by atoms with van der Waals surface area (Å²) < 4.78 is 15.8. The van der Waals surface area contributed by atoms with Gasteiger partial charge in [-0.3, -0.25) is 4.79 Å². The van der Waals surface area contributed by atoms with Gasteiger partial charge in [-0.15, -0.1) is 11.3 Å². The summed E-state index contributed by atoms with van der Waals surface area (Å²) in [5.74, 6) is 0.0864. The van der Waals surface area contributed by atoms with Crippen LogP contribution in [0.25, 0.3) is 0 Å². The summed E-state index contributed by atoms with van der Waals surface area (Å²) in [6, 6.07) is 6.87. The number of thiophene rings is 1. The smallest absolute Gasteiger partial charge is 0.340 e. The number of anilines is 1. The summed E-state index contributed by atoms with van der Waals surface area (Å²) in [4.78, 5) is 25.7. The van der Waals surface area contributed by atoms with Crippen molar-refractivity contribution in [3.63, 3.8) is 0 Å². The molecule has 1 N–H and O–H groups in total. The molecule has 0 spiro atoms. The highest BCUT2D eigenvalue weighted by atomic mass is 32.1.